The summed E-state index contributed by atoms with van der Waals surface area (Å²) < 4.78 is 1.54. The van der Waals surface area contributed by atoms with E-state index in [1.54, 1.807) is 29.1 Å². The SMILES string of the molecule is CCn1cnc2ccc(C(=O)NC3CCCC3)cc2c1=O. The molecule has 1 aliphatic rings. The highest BCUT2D eigenvalue weighted by Crippen LogP contribution is 2.18. The largest absolute Gasteiger partial charge is 0.349 e. The third-order valence-corrected chi connectivity index (χ3v) is 4.12. The maximum atomic E-state index is 12.3. The van der Waals surface area contributed by atoms with Gasteiger partial charge in [0.2, 0.25) is 0 Å². The first-order valence-electron chi connectivity index (χ1n) is 7.49. The average Bonchev–Trinajstić information content (AvgIpc) is 3.00. The van der Waals surface area contributed by atoms with Crippen molar-refractivity contribution in [2.75, 3.05) is 0 Å². The Bertz CT molecular complexity index is 730. The van der Waals surface area contributed by atoms with Gasteiger partial charge >= 0.3 is 0 Å². The van der Waals surface area contributed by atoms with E-state index < -0.39 is 0 Å². The third-order valence-electron chi connectivity index (χ3n) is 4.12. The number of nitrogens with one attached hydrogen (secondary N) is 1. The van der Waals surface area contributed by atoms with Gasteiger partial charge in [-0.2, -0.15) is 0 Å². The van der Waals surface area contributed by atoms with Gasteiger partial charge in [-0.15, -0.1) is 0 Å². The summed E-state index contributed by atoms with van der Waals surface area (Å²) in [5.41, 5.74) is 1.06. The number of aromatic nitrogens is 2. The van der Waals surface area contributed by atoms with Crippen LogP contribution in [0.5, 0.6) is 0 Å². The molecule has 1 aromatic carbocycles. The van der Waals surface area contributed by atoms with Gasteiger partial charge in [-0.1, -0.05) is 12.8 Å². The maximum Gasteiger partial charge on any atom is 0.261 e. The molecule has 0 spiro atoms. The van der Waals surface area contributed by atoms with E-state index in [0.717, 1.165) is 12.8 Å². The Morgan fingerprint density at radius 3 is 2.86 bits per heavy atom. The molecule has 1 N–H and O–H groups in total. The molecule has 1 amide bonds. The molecule has 0 unspecified atom stereocenters. The van der Waals surface area contributed by atoms with Crippen LogP contribution < -0.4 is 10.9 Å². The fraction of sp³-hybridized carbons (Fsp3) is 0.438. The van der Waals surface area contributed by atoms with Gasteiger partial charge in [-0.25, -0.2) is 4.98 Å². The molecule has 3 rings (SSSR count). The highest BCUT2D eigenvalue weighted by atomic mass is 16.1. The van der Waals surface area contributed by atoms with E-state index in [0.29, 0.717) is 23.0 Å². The molecule has 0 aliphatic heterocycles. The van der Waals surface area contributed by atoms with Crippen LogP contribution in [0.3, 0.4) is 0 Å². The Morgan fingerprint density at radius 1 is 1.38 bits per heavy atom. The van der Waals surface area contributed by atoms with Crippen LogP contribution in [0.25, 0.3) is 10.9 Å². The molecule has 1 fully saturated rings. The predicted octanol–water partition coefficient (Wildman–Crippen LogP) is 2.09. The molecule has 5 heteroatoms. The Morgan fingerprint density at radius 2 is 2.14 bits per heavy atom. The summed E-state index contributed by atoms with van der Waals surface area (Å²) in [6.07, 6.45) is 5.98. The van der Waals surface area contributed by atoms with Gasteiger partial charge in [-0.3, -0.25) is 14.2 Å². The summed E-state index contributed by atoms with van der Waals surface area (Å²) in [6, 6.07) is 5.39. The van der Waals surface area contributed by atoms with Crippen molar-refractivity contribution in [2.45, 2.75) is 45.2 Å². The number of aryl methyl sites for hydroxylation is 1. The van der Waals surface area contributed by atoms with Crippen LogP contribution >= 0.6 is 0 Å². The summed E-state index contributed by atoms with van der Waals surface area (Å²) in [5.74, 6) is -0.102. The van der Waals surface area contributed by atoms with Gasteiger partial charge in [0.25, 0.3) is 11.5 Å². The van der Waals surface area contributed by atoms with Crippen LogP contribution in [-0.2, 0) is 6.54 Å². The number of carbonyl (C=O) groups excluding carboxylic acids is 1. The summed E-state index contributed by atoms with van der Waals surface area (Å²) in [4.78, 5) is 28.8. The lowest BCUT2D eigenvalue weighted by atomic mass is 10.1. The molecule has 5 nitrogen and oxygen atoms in total. The predicted molar refractivity (Wildman–Crippen MR) is 81.4 cm³/mol. The van der Waals surface area contributed by atoms with E-state index in [2.05, 4.69) is 10.3 Å². The number of nitrogens with zero attached hydrogens (tertiary/aromatic N) is 2. The first-order valence-corrected chi connectivity index (χ1v) is 7.49. The second kappa shape index (κ2) is 5.68. The van der Waals surface area contributed by atoms with Gasteiger partial charge in [0.15, 0.2) is 0 Å². The normalized spacial score (nSPS) is 15.5. The van der Waals surface area contributed by atoms with Gasteiger partial charge in [0.1, 0.15) is 0 Å². The number of hydrogen-bond acceptors (Lipinski definition) is 3. The highest BCUT2D eigenvalue weighted by molar-refractivity contribution is 5.97. The molecule has 0 saturated heterocycles. The highest BCUT2D eigenvalue weighted by Gasteiger charge is 2.18. The third kappa shape index (κ3) is 2.68. The number of benzene rings is 1. The van der Waals surface area contributed by atoms with Crippen molar-refractivity contribution in [3.8, 4) is 0 Å². The van der Waals surface area contributed by atoms with Crippen molar-refractivity contribution in [1.82, 2.24) is 14.9 Å². The zero-order valence-electron chi connectivity index (χ0n) is 12.1. The van der Waals surface area contributed by atoms with Gasteiger partial charge in [0, 0.05) is 18.2 Å². The minimum Gasteiger partial charge on any atom is -0.349 e. The molecule has 1 aliphatic carbocycles. The molecule has 0 bridgehead atoms. The van der Waals surface area contributed by atoms with Crippen LogP contribution in [0, 0.1) is 0 Å². The monoisotopic (exact) mass is 285 g/mol. The molecule has 1 saturated carbocycles. The quantitative estimate of drug-likeness (QED) is 0.939. The number of fused-ring (bicyclic) bond motifs is 1. The number of rotatable bonds is 3. The van der Waals surface area contributed by atoms with Crippen LogP contribution in [0.4, 0.5) is 0 Å². The molecule has 0 radical (unpaired) electrons. The van der Waals surface area contributed by atoms with Crippen LogP contribution in [0.15, 0.2) is 29.3 Å². The number of hydrogen-bond donors (Lipinski definition) is 1. The molecule has 2 aromatic rings. The van der Waals surface area contributed by atoms with Gasteiger partial charge in [-0.05, 0) is 38.0 Å². The summed E-state index contributed by atoms with van der Waals surface area (Å²) in [5, 5.41) is 3.54. The van der Waals surface area contributed by atoms with E-state index in [1.807, 2.05) is 6.92 Å². The maximum absolute atomic E-state index is 12.3. The van der Waals surface area contributed by atoms with E-state index in [4.69, 9.17) is 0 Å². The second-order valence-corrected chi connectivity index (χ2v) is 5.52. The van der Waals surface area contributed by atoms with Crippen molar-refractivity contribution < 1.29 is 4.79 Å². The topological polar surface area (TPSA) is 64.0 Å². The van der Waals surface area contributed by atoms with Crippen molar-refractivity contribution >= 4 is 16.8 Å². The van der Waals surface area contributed by atoms with E-state index in [1.165, 1.54) is 12.8 Å². The molecule has 110 valence electrons. The Hall–Kier alpha value is -2.17. The molecule has 1 heterocycles. The zero-order chi connectivity index (χ0) is 14.8. The number of amides is 1. The smallest absolute Gasteiger partial charge is 0.261 e. The molecule has 0 atom stereocenters. The van der Waals surface area contributed by atoms with Gasteiger partial charge in [0.05, 0.1) is 17.2 Å². The average molecular weight is 285 g/mol. The van der Waals surface area contributed by atoms with Gasteiger partial charge < -0.3 is 5.32 Å². The fourth-order valence-corrected chi connectivity index (χ4v) is 2.86. The molecular weight excluding hydrogens is 266 g/mol. The van der Waals surface area contributed by atoms with Crippen molar-refractivity contribution in [3.63, 3.8) is 0 Å². The summed E-state index contributed by atoms with van der Waals surface area (Å²) in [7, 11) is 0. The molecule has 21 heavy (non-hydrogen) atoms. The van der Waals surface area contributed by atoms with Crippen molar-refractivity contribution in [3.05, 3.63) is 40.4 Å². The van der Waals surface area contributed by atoms with Crippen LogP contribution in [0.1, 0.15) is 43.0 Å². The van der Waals surface area contributed by atoms with Crippen molar-refractivity contribution in [1.29, 1.82) is 0 Å². The standard InChI is InChI=1S/C16H19N3O2/c1-2-19-10-17-14-8-7-11(9-13(14)16(19)21)15(20)18-12-5-3-4-6-12/h7-10,12H,2-6H2,1H3,(H,18,20). The molecule has 1 aromatic heterocycles. The first-order chi connectivity index (χ1) is 10.2. The minimum absolute atomic E-state index is 0.0991. The lowest BCUT2D eigenvalue weighted by molar-refractivity contribution is 0.0938. The Labute approximate surface area is 123 Å². The van der Waals surface area contributed by atoms with Crippen LogP contribution in [-0.4, -0.2) is 21.5 Å². The molecular formula is C16H19N3O2. The minimum atomic E-state index is -0.102. The van der Waals surface area contributed by atoms with Crippen LogP contribution in [0.2, 0.25) is 0 Å². The van der Waals surface area contributed by atoms with E-state index >= 15 is 0 Å². The van der Waals surface area contributed by atoms with E-state index in [9.17, 15) is 9.59 Å². The second-order valence-electron chi connectivity index (χ2n) is 5.52. The lowest BCUT2D eigenvalue weighted by Gasteiger charge is -2.12. The summed E-state index contributed by atoms with van der Waals surface area (Å²) in [6.45, 7) is 2.46. The summed E-state index contributed by atoms with van der Waals surface area (Å²) >= 11 is 0. The zero-order valence-corrected chi connectivity index (χ0v) is 12.1. The fourth-order valence-electron chi connectivity index (χ4n) is 2.86. The first kappa shape index (κ1) is 13.8. The van der Waals surface area contributed by atoms with E-state index in [-0.39, 0.29) is 17.5 Å². The Balaban J connectivity index is 1.94. The lowest BCUT2D eigenvalue weighted by Crippen LogP contribution is -2.32. The number of carbonyl (C=O) groups is 1. The van der Waals surface area contributed by atoms with Crippen molar-refractivity contribution in [2.24, 2.45) is 0 Å². The Kier molecular flexibility index (Phi) is 3.73.